The third-order valence-corrected chi connectivity index (χ3v) is 4.13. The molecule has 5 heteroatoms. The normalized spacial score (nSPS) is 13.5. The van der Waals surface area contributed by atoms with Crippen molar-refractivity contribution in [3.63, 3.8) is 0 Å². The van der Waals surface area contributed by atoms with Gasteiger partial charge in [0.1, 0.15) is 0 Å². The molecule has 108 valence electrons. The van der Waals surface area contributed by atoms with E-state index in [1.807, 2.05) is 19.9 Å². The molecule has 2 aromatic rings. The van der Waals surface area contributed by atoms with Gasteiger partial charge >= 0.3 is 6.18 Å². The predicted molar refractivity (Wildman–Crippen MR) is 73.9 cm³/mol. The van der Waals surface area contributed by atoms with Gasteiger partial charge in [-0.1, -0.05) is 12.1 Å². The minimum atomic E-state index is -4.32. The SMILES string of the molecule is Cc1cc(C(O)Cc2ccc(C(F)(F)F)cc2)c(C)s1. The van der Waals surface area contributed by atoms with E-state index in [1.165, 1.54) is 12.1 Å². The molecule has 0 aliphatic rings. The maximum atomic E-state index is 12.5. The second-order valence-corrected chi connectivity index (χ2v) is 6.24. The van der Waals surface area contributed by atoms with Crippen LogP contribution < -0.4 is 0 Å². The van der Waals surface area contributed by atoms with E-state index < -0.39 is 17.8 Å². The lowest BCUT2D eigenvalue weighted by Crippen LogP contribution is -2.06. The summed E-state index contributed by atoms with van der Waals surface area (Å²) < 4.78 is 37.4. The molecular weight excluding hydrogens is 285 g/mol. The molecule has 0 saturated carbocycles. The summed E-state index contributed by atoms with van der Waals surface area (Å²) in [6.45, 7) is 3.90. The third-order valence-electron chi connectivity index (χ3n) is 3.15. The molecule has 1 heterocycles. The highest BCUT2D eigenvalue weighted by molar-refractivity contribution is 7.12. The fraction of sp³-hybridized carbons (Fsp3) is 0.333. The molecule has 1 N–H and O–H groups in total. The molecule has 1 unspecified atom stereocenters. The maximum Gasteiger partial charge on any atom is 0.416 e. The van der Waals surface area contributed by atoms with E-state index in [-0.39, 0.29) is 0 Å². The molecule has 0 aliphatic carbocycles. The van der Waals surface area contributed by atoms with Crippen LogP contribution in [0.3, 0.4) is 0 Å². The van der Waals surface area contributed by atoms with Crippen LogP contribution in [0.2, 0.25) is 0 Å². The summed E-state index contributed by atoms with van der Waals surface area (Å²) in [4.78, 5) is 2.16. The van der Waals surface area contributed by atoms with Crippen molar-refractivity contribution in [1.29, 1.82) is 0 Å². The molecule has 0 aliphatic heterocycles. The molecule has 1 aromatic carbocycles. The van der Waals surface area contributed by atoms with Crippen LogP contribution in [0.1, 0.15) is 32.5 Å². The Morgan fingerprint density at radius 3 is 2.20 bits per heavy atom. The van der Waals surface area contributed by atoms with E-state index in [1.54, 1.807) is 11.3 Å². The minimum Gasteiger partial charge on any atom is -0.388 e. The van der Waals surface area contributed by atoms with Crippen LogP contribution in [-0.4, -0.2) is 5.11 Å². The van der Waals surface area contributed by atoms with Crippen molar-refractivity contribution in [1.82, 2.24) is 0 Å². The lowest BCUT2D eigenvalue weighted by molar-refractivity contribution is -0.137. The Labute approximate surface area is 119 Å². The number of alkyl halides is 3. The van der Waals surface area contributed by atoms with Crippen molar-refractivity contribution in [3.05, 3.63) is 56.8 Å². The number of thiophene rings is 1. The molecule has 0 amide bonds. The number of hydrogen-bond donors (Lipinski definition) is 1. The summed E-state index contributed by atoms with van der Waals surface area (Å²) in [7, 11) is 0. The maximum absolute atomic E-state index is 12.5. The van der Waals surface area contributed by atoms with Crippen molar-refractivity contribution < 1.29 is 18.3 Å². The Hall–Kier alpha value is -1.33. The Bertz CT molecular complexity index is 584. The second kappa shape index (κ2) is 5.58. The number of hydrogen-bond acceptors (Lipinski definition) is 2. The fourth-order valence-electron chi connectivity index (χ4n) is 2.14. The van der Waals surface area contributed by atoms with Gasteiger partial charge in [-0.15, -0.1) is 11.3 Å². The average Bonchev–Trinajstić information content (AvgIpc) is 2.68. The van der Waals surface area contributed by atoms with Crippen molar-refractivity contribution in [2.24, 2.45) is 0 Å². The number of benzene rings is 1. The Morgan fingerprint density at radius 1 is 1.15 bits per heavy atom. The summed E-state index contributed by atoms with van der Waals surface area (Å²) in [6.07, 6.45) is -4.69. The van der Waals surface area contributed by atoms with Crippen LogP contribution in [0.15, 0.2) is 30.3 Å². The van der Waals surface area contributed by atoms with E-state index in [0.717, 1.165) is 27.5 Å². The van der Waals surface area contributed by atoms with Gasteiger partial charge < -0.3 is 5.11 Å². The lowest BCUT2D eigenvalue weighted by atomic mass is 10.0. The van der Waals surface area contributed by atoms with E-state index in [4.69, 9.17) is 0 Å². The summed E-state index contributed by atoms with van der Waals surface area (Å²) in [6, 6.07) is 6.86. The second-order valence-electron chi connectivity index (χ2n) is 4.78. The Balaban J connectivity index is 2.12. The first-order valence-electron chi connectivity index (χ1n) is 6.18. The first kappa shape index (κ1) is 15.1. The van der Waals surface area contributed by atoms with Crippen molar-refractivity contribution in [2.45, 2.75) is 32.5 Å². The monoisotopic (exact) mass is 300 g/mol. The largest absolute Gasteiger partial charge is 0.416 e. The number of aryl methyl sites for hydroxylation is 2. The predicted octanol–water partition coefficient (Wildman–Crippen LogP) is 4.66. The highest BCUT2D eigenvalue weighted by Gasteiger charge is 2.30. The third kappa shape index (κ3) is 3.41. The molecule has 1 aromatic heterocycles. The van der Waals surface area contributed by atoms with Crippen LogP contribution >= 0.6 is 11.3 Å². The van der Waals surface area contributed by atoms with Crippen LogP contribution in [0.5, 0.6) is 0 Å². The zero-order valence-corrected chi connectivity index (χ0v) is 12.0. The highest BCUT2D eigenvalue weighted by Crippen LogP contribution is 2.31. The molecule has 0 radical (unpaired) electrons. The smallest absolute Gasteiger partial charge is 0.388 e. The van der Waals surface area contributed by atoms with Gasteiger partial charge in [0.2, 0.25) is 0 Å². The molecule has 0 fully saturated rings. The van der Waals surface area contributed by atoms with Gasteiger partial charge in [0, 0.05) is 16.2 Å². The molecule has 1 nitrogen and oxygen atoms in total. The average molecular weight is 300 g/mol. The minimum absolute atomic E-state index is 0.315. The topological polar surface area (TPSA) is 20.2 Å². The Morgan fingerprint density at radius 2 is 1.75 bits per heavy atom. The van der Waals surface area contributed by atoms with Gasteiger partial charge in [-0.2, -0.15) is 13.2 Å². The number of aliphatic hydroxyl groups is 1. The van der Waals surface area contributed by atoms with Crippen LogP contribution in [0.25, 0.3) is 0 Å². The van der Waals surface area contributed by atoms with Crippen LogP contribution in [0.4, 0.5) is 13.2 Å². The first-order valence-corrected chi connectivity index (χ1v) is 7.00. The zero-order chi connectivity index (χ0) is 14.9. The fourth-order valence-corrected chi connectivity index (χ4v) is 3.13. The quantitative estimate of drug-likeness (QED) is 0.874. The van der Waals surface area contributed by atoms with Gasteiger partial charge in [0.05, 0.1) is 11.7 Å². The highest BCUT2D eigenvalue weighted by atomic mass is 32.1. The van der Waals surface area contributed by atoms with Gasteiger partial charge in [-0.05, 0) is 43.2 Å². The molecule has 20 heavy (non-hydrogen) atoms. The number of rotatable bonds is 3. The van der Waals surface area contributed by atoms with E-state index in [0.29, 0.717) is 12.0 Å². The standard InChI is InChI=1S/C15H15F3OS/c1-9-7-13(10(2)20-9)14(19)8-11-3-5-12(6-4-11)15(16,17)18/h3-7,14,19H,8H2,1-2H3. The van der Waals surface area contributed by atoms with Crippen LogP contribution in [-0.2, 0) is 12.6 Å². The summed E-state index contributed by atoms with van der Waals surface area (Å²) in [5, 5.41) is 10.2. The summed E-state index contributed by atoms with van der Waals surface area (Å²) >= 11 is 1.61. The summed E-state index contributed by atoms with van der Waals surface area (Å²) in [5.41, 5.74) is 0.874. The molecule has 2 rings (SSSR count). The van der Waals surface area contributed by atoms with Crippen molar-refractivity contribution >= 4 is 11.3 Å². The lowest BCUT2D eigenvalue weighted by Gasteiger charge is -2.12. The first-order chi connectivity index (χ1) is 9.27. The van der Waals surface area contributed by atoms with Crippen LogP contribution in [0, 0.1) is 13.8 Å². The molecule has 0 saturated heterocycles. The molecule has 1 atom stereocenters. The number of halogens is 3. The van der Waals surface area contributed by atoms with Gasteiger partial charge in [0.25, 0.3) is 0 Å². The summed E-state index contributed by atoms with van der Waals surface area (Å²) in [5.74, 6) is 0. The van der Waals surface area contributed by atoms with E-state index in [2.05, 4.69) is 0 Å². The van der Waals surface area contributed by atoms with Gasteiger partial charge in [-0.3, -0.25) is 0 Å². The molecule has 0 spiro atoms. The van der Waals surface area contributed by atoms with E-state index >= 15 is 0 Å². The van der Waals surface area contributed by atoms with E-state index in [9.17, 15) is 18.3 Å². The van der Waals surface area contributed by atoms with Gasteiger partial charge in [0.15, 0.2) is 0 Å². The zero-order valence-electron chi connectivity index (χ0n) is 11.2. The molecular formula is C15H15F3OS. The Kier molecular flexibility index (Phi) is 4.20. The molecule has 0 bridgehead atoms. The van der Waals surface area contributed by atoms with Gasteiger partial charge in [-0.25, -0.2) is 0 Å². The number of aliphatic hydroxyl groups excluding tert-OH is 1. The van der Waals surface area contributed by atoms with Crippen molar-refractivity contribution in [3.8, 4) is 0 Å². The van der Waals surface area contributed by atoms with Crippen molar-refractivity contribution in [2.75, 3.05) is 0 Å².